The number of rotatable bonds is 10. The smallest absolute Gasteiger partial charge is 0.408 e. The van der Waals surface area contributed by atoms with Gasteiger partial charge in [-0.1, -0.05) is 30.3 Å². The Morgan fingerprint density at radius 2 is 1.71 bits per heavy atom. The van der Waals surface area contributed by atoms with Gasteiger partial charge in [-0.25, -0.2) is 9.59 Å². The van der Waals surface area contributed by atoms with Crippen molar-refractivity contribution in [3.05, 3.63) is 47.4 Å². The third kappa shape index (κ3) is 8.43. The molecule has 15 heteroatoms. The highest BCUT2D eigenvalue weighted by Crippen LogP contribution is 2.33. The predicted molar refractivity (Wildman–Crippen MR) is 136 cm³/mol. The van der Waals surface area contributed by atoms with Gasteiger partial charge in [0, 0.05) is 0 Å². The molecule has 1 amide bonds. The monoisotopic (exact) mass is 573 g/mol. The second-order valence-electron chi connectivity index (χ2n) is 8.86. The van der Waals surface area contributed by atoms with Crippen molar-refractivity contribution in [3.63, 3.8) is 0 Å². The van der Waals surface area contributed by atoms with E-state index in [1.54, 1.807) is 31.2 Å². The molecule has 1 heterocycles. The van der Waals surface area contributed by atoms with Crippen LogP contribution in [0.25, 0.3) is 0 Å². The van der Waals surface area contributed by atoms with Gasteiger partial charge >= 0.3 is 22.2 Å². The molecule has 0 saturated heterocycles. The molecule has 38 heavy (non-hydrogen) atoms. The lowest BCUT2D eigenvalue weighted by Crippen LogP contribution is -2.62. The first-order valence-corrected chi connectivity index (χ1v) is 15.4. The molecule has 1 fully saturated rings. The summed E-state index contributed by atoms with van der Waals surface area (Å²) in [5.41, 5.74) is -0.708. The number of amidine groups is 1. The Bertz CT molecular complexity index is 1300. The normalized spacial score (nSPS) is 22.1. The van der Waals surface area contributed by atoms with E-state index in [1.165, 1.54) is 0 Å². The Hall–Kier alpha value is -3.17. The van der Waals surface area contributed by atoms with Crippen molar-refractivity contribution >= 4 is 38.1 Å². The van der Waals surface area contributed by atoms with Crippen molar-refractivity contribution in [2.45, 2.75) is 50.9 Å². The van der Waals surface area contributed by atoms with Crippen LogP contribution in [0.3, 0.4) is 0 Å². The molecule has 0 aromatic heterocycles. The van der Waals surface area contributed by atoms with Crippen molar-refractivity contribution in [3.8, 4) is 0 Å². The highest BCUT2D eigenvalue weighted by molar-refractivity contribution is 7.86. The number of aliphatic imine (C=N–C) groups is 1. The molecule has 1 aromatic rings. The van der Waals surface area contributed by atoms with Gasteiger partial charge in [0.15, 0.2) is 11.5 Å². The summed E-state index contributed by atoms with van der Waals surface area (Å²) in [5.74, 6) is -0.976. The standard InChI is InChI=1S/C23H31N3O10S2/c1-4-33-20(27)19-18(36-38(3,31)32)14-24-21(25-19)23(12-10-17(11-13-23)35-37(2,29)30)26-22(28)34-15-16-8-6-5-7-9-16/h5-9,17H,4,10-15H2,1-3H3,(H,24,25)(H,26,28). The average Bonchev–Trinajstić information content (AvgIpc) is 2.83. The van der Waals surface area contributed by atoms with E-state index >= 15 is 0 Å². The summed E-state index contributed by atoms with van der Waals surface area (Å²) >= 11 is 0. The SMILES string of the molecule is CCOC(=O)C1=C(OS(C)(=O)=O)CN=C(C2(NC(=O)OCc3ccccc3)CCC(OS(C)(=O)=O)CC2)N1. The quantitative estimate of drug-likeness (QED) is 0.305. The lowest BCUT2D eigenvalue weighted by atomic mass is 9.79. The van der Waals surface area contributed by atoms with Crippen LogP contribution in [-0.4, -0.2) is 72.0 Å². The highest BCUT2D eigenvalue weighted by atomic mass is 32.2. The molecule has 0 unspecified atom stereocenters. The van der Waals surface area contributed by atoms with Crippen LogP contribution in [0, 0.1) is 0 Å². The molecule has 2 aliphatic rings. The van der Waals surface area contributed by atoms with Crippen LogP contribution in [0.2, 0.25) is 0 Å². The van der Waals surface area contributed by atoms with Gasteiger partial charge in [-0.2, -0.15) is 16.8 Å². The molecule has 210 valence electrons. The van der Waals surface area contributed by atoms with Crippen LogP contribution in [0.1, 0.15) is 38.2 Å². The van der Waals surface area contributed by atoms with E-state index in [-0.39, 0.29) is 62.7 Å². The maximum absolute atomic E-state index is 12.9. The van der Waals surface area contributed by atoms with Crippen LogP contribution < -0.4 is 10.6 Å². The fourth-order valence-corrected chi connectivity index (χ4v) is 5.34. The zero-order valence-corrected chi connectivity index (χ0v) is 22.9. The second-order valence-corrected chi connectivity index (χ2v) is 12.0. The number of esters is 1. The molecule has 1 aliphatic heterocycles. The minimum absolute atomic E-state index is 0.00278. The summed E-state index contributed by atoms with van der Waals surface area (Å²) in [6, 6.07) is 9.04. The number of hydrogen-bond acceptors (Lipinski definition) is 12. The average molecular weight is 574 g/mol. The maximum atomic E-state index is 12.9. The minimum Gasteiger partial charge on any atom is -0.461 e. The molecule has 13 nitrogen and oxygen atoms in total. The Balaban J connectivity index is 1.86. The molecular formula is C23H31N3O10S2. The van der Waals surface area contributed by atoms with Crippen LogP contribution in [0.5, 0.6) is 0 Å². The number of hydrogen-bond donors (Lipinski definition) is 2. The van der Waals surface area contributed by atoms with E-state index in [0.717, 1.165) is 18.1 Å². The maximum Gasteiger partial charge on any atom is 0.408 e. The number of carbonyl (C=O) groups is 2. The first-order chi connectivity index (χ1) is 17.8. The molecule has 1 aromatic carbocycles. The number of amides is 1. The Morgan fingerprint density at radius 1 is 1.05 bits per heavy atom. The Kier molecular flexibility index (Phi) is 9.38. The molecule has 2 N–H and O–H groups in total. The van der Waals surface area contributed by atoms with Crippen molar-refractivity contribution in [1.82, 2.24) is 10.6 Å². The van der Waals surface area contributed by atoms with E-state index in [9.17, 15) is 26.4 Å². The predicted octanol–water partition coefficient (Wildman–Crippen LogP) is 1.32. The summed E-state index contributed by atoms with van der Waals surface area (Å²) in [5, 5.41) is 5.62. The van der Waals surface area contributed by atoms with E-state index < -0.39 is 43.9 Å². The van der Waals surface area contributed by atoms with Crippen molar-refractivity contribution < 1.29 is 44.3 Å². The van der Waals surface area contributed by atoms with Gasteiger partial charge in [-0.15, -0.1) is 0 Å². The summed E-state index contributed by atoms with van der Waals surface area (Å²) in [4.78, 5) is 29.9. The molecule has 0 spiro atoms. The van der Waals surface area contributed by atoms with Gasteiger partial charge in [0.1, 0.15) is 24.5 Å². The minimum atomic E-state index is -3.98. The first kappa shape index (κ1) is 29.4. The summed E-state index contributed by atoms with van der Waals surface area (Å²) in [6.07, 6.45) is 1.23. The van der Waals surface area contributed by atoms with Crippen molar-refractivity contribution in [1.29, 1.82) is 0 Å². The van der Waals surface area contributed by atoms with Crippen LogP contribution in [0.4, 0.5) is 4.79 Å². The van der Waals surface area contributed by atoms with Gasteiger partial charge in [0.25, 0.3) is 10.1 Å². The molecule has 1 saturated carbocycles. The van der Waals surface area contributed by atoms with E-state index in [4.69, 9.17) is 17.8 Å². The van der Waals surface area contributed by atoms with Crippen molar-refractivity contribution in [2.24, 2.45) is 4.99 Å². The summed E-state index contributed by atoms with van der Waals surface area (Å²) in [7, 11) is -7.68. The zero-order valence-electron chi connectivity index (χ0n) is 21.3. The van der Waals surface area contributed by atoms with Crippen LogP contribution >= 0.6 is 0 Å². The molecular weight excluding hydrogens is 542 g/mol. The third-order valence-electron chi connectivity index (χ3n) is 5.74. The molecule has 1 aliphatic carbocycles. The first-order valence-electron chi connectivity index (χ1n) is 11.8. The van der Waals surface area contributed by atoms with Gasteiger partial charge in [-0.05, 0) is 38.2 Å². The number of benzene rings is 1. The van der Waals surface area contributed by atoms with Crippen molar-refractivity contribution in [2.75, 3.05) is 25.7 Å². The van der Waals surface area contributed by atoms with Crippen LogP contribution in [-0.2, 0) is 49.5 Å². The second kappa shape index (κ2) is 12.1. The highest BCUT2D eigenvalue weighted by Gasteiger charge is 2.45. The number of nitrogens with zero attached hydrogens (tertiary/aromatic N) is 1. The Morgan fingerprint density at radius 3 is 2.29 bits per heavy atom. The number of alkyl carbamates (subject to hydrolysis) is 1. The third-order valence-corrected chi connectivity index (χ3v) is 6.86. The molecule has 0 bridgehead atoms. The molecule has 3 rings (SSSR count). The lowest BCUT2D eigenvalue weighted by molar-refractivity contribution is -0.139. The fraction of sp³-hybridized carbons (Fsp3) is 0.522. The van der Waals surface area contributed by atoms with Gasteiger partial charge in [-0.3, -0.25) is 9.18 Å². The number of ether oxygens (including phenoxy) is 2. The largest absolute Gasteiger partial charge is 0.461 e. The summed E-state index contributed by atoms with van der Waals surface area (Å²) < 4.78 is 67.2. The zero-order chi connectivity index (χ0) is 28.0. The fourth-order valence-electron chi connectivity index (χ4n) is 4.15. The van der Waals surface area contributed by atoms with E-state index in [0.29, 0.717) is 0 Å². The number of nitrogens with one attached hydrogen (secondary N) is 2. The topological polar surface area (TPSA) is 176 Å². The lowest BCUT2D eigenvalue weighted by Gasteiger charge is -2.41. The number of carbonyl (C=O) groups excluding carboxylic acids is 2. The van der Waals surface area contributed by atoms with Crippen LogP contribution in [0.15, 0.2) is 46.8 Å². The van der Waals surface area contributed by atoms with E-state index in [1.807, 2.05) is 6.07 Å². The molecule has 0 radical (unpaired) electrons. The summed E-state index contributed by atoms with van der Waals surface area (Å²) in [6.45, 7) is 1.28. The molecule has 0 atom stereocenters. The van der Waals surface area contributed by atoms with Gasteiger partial charge < -0.3 is 24.3 Å². The van der Waals surface area contributed by atoms with E-state index in [2.05, 4.69) is 15.6 Å². The van der Waals surface area contributed by atoms with Gasteiger partial charge in [0.05, 0.1) is 25.2 Å². The Labute approximate surface area is 221 Å². The van der Waals surface area contributed by atoms with Gasteiger partial charge in [0.2, 0.25) is 0 Å².